The molecule has 0 bridgehead atoms. The number of ether oxygens (including phenoxy) is 1. The monoisotopic (exact) mass is 393 g/mol. The lowest BCUT2D eigenvalue weighted by Gasteiger charge is -2.29. The van der Waals surface area contributed by atoms with Crippen LogP contribution < -0.4 is 4.74 Å². The Kier molecular flexibility index (Phi) is 5.90. The van der Waals surface area contributed by atoms with E-state index in [0.29, 0.717) is 17.3 Å². The van der Waals surface area contributed by atoms with E-state index in [2.05, 4.69) is 0 Å². The van der Waals surface area contributed by atoms with Gasteiger partial charge in [-0.15, -0.1) is 0 Å². The molecule has 2 aromatic carbocycles. The van der Waals surface area contributed by atoms with E-state index in [1.54, 1.807) is 16.4 Å². The van der Waals surface area contributed by atoms with Crippen LogP contribution in [0.1, 0.15) is 42.9 Å². The Morgan fingerprint density at radius 3 is 2.46 bits per heavy atom. The Morgan fingerprint density at radius 2 is 1.81 bits per heavy atom. The summed E-state index contributed by atoms with van der Waals surface area (Å²) in [7, 11) is -2.14. The van der Waals surface area contributed by atoms with Crippen molar-refractivity contribution in [2.75, 3.05) is 13.7 Å². The first-order chi connectivity index (χ1) is 12.4. The summed E-state index contributed by atoms with van der Waals surface area (Å²) < 4.78 is 33.5. The fourth-order valence-electron chi connectivity index (χ4n) is 3.43. The van der Waals surface area contributed by atoms with Gasteiger partial charge in [-0.25, -0.2) is 8.42 Å². The number of hydrogen-bond donors (Lipinski definition) is 0. The van der Waals surface area contributed by atoms with E-state index in [0.717, 1.165) is 31.2 Å². The van der Waals surface area contributed by atoms with Crippen molar-refractivity contribution in [1.29, 1.82) is 0 Å². The zero-order chi connectivity index (χ0) is 18.7. The third kappa shape index (κ3) is 3.90. The maximum absolute atomic E-state index is 13.4. The van der Waals surface area contributed by atoms with Gasteiger partial charge in [-0.05, 0) is 43.5 Å². The Bertz CT molecular complexity index is 865. The first-order valence-corrected chi connectivity index (χ1v) is 10.7. The van der Waals surface area contributed by atoms with Crippen LogP contribution >= 0.6 is 11.6 Å². The summed E-state index contributed by atoms with van der Waals surface area (Å²) in [6, 6.07) is 12.6. The lowest BCUT2D eigenvalue weighted by Crippen LogP contribution is -2.34. The normalized spacial score (nSPS) is 19.1. The van der Waals surface area contributed by atoms with Crippen LogP contribution in [0, 0.1) is 6.92 Å². The molecular formula is C20H24ClNO3S. The minimum Gasteiger partial charge on any atom is -0.495 e. The zero-order valence-electron chi connectivity index (χ0n) is 15.1. The largest absolute Gasteiger partial charge is 0.495 e. The van der Waals surface area contributed by atoms with E-state index in [1.165, 1.54) is 18.7 Å². The van der Waals surface area contributed by atoms with Gasteiger partial charge >= 0.3 is 0 Å². The van der Waals surface area contributed by atoms with E-state index in [1.807, 2.05) is 31.2 Å². The van der Waals surface area contributed by atoms with E-state index in [4.69, 9.17) is 16.3 Å². The van der Waals surface area contributed by atoms with Gasteiger partial charge in [-0.2, -0.15) is 4.31 Å². The molecule has 0 unspecified atom stereocenters. The highest BCUT2D eigenvalue weighted by molar-refractivity contribution is 7.89. The van der Waals surface area contributed by atoms with Gasteiger partial charge in [0.25, 0.3) is 0 Å². The number of sulfonamides is 1. The van der Waals surface area contributed by atoms with E-state index in [-0.39, 0.29) is 10.9 Å². The minimum atomic E-state index is -3.65. The van der Waals surface area contributed by atoms with Crippen molar-refractivity contribution in [1.82, 2.24) is 4.31 Å². The van der Waals surface area contributed by atoms with Crippen molar-refractivity contribution in [3.05, 3.63) is 58.6 Å². The molecule has 1 heterocycles. The molecule has 1 aliphatic heterocycles. The molecule has 0 saturated carbocycles. The fourth-order valence-corrected chi connectivity index (χ4v) is 5.47. The summed E-state index contributed by atoms with van der Waals surface area (Å²) in [4.78, 5) is 0.210. The predicted octanol–water partition coefficient (Wildman–Crippen LogP) is 4.96. The molecule has 0 radical (unpaired) electrons. The molecule has 3 rings (SSSR count). The molecule has 26 heavy (non-hydrogen) atoms. The Labute approximate surface area is 160 Å². The molecule has 4 nitrogen and oxygen atoms in total. The molecule has 0 amide bonds. The number of aryl methyl sites for hydroxylation is 1. The van der Waals surface area contributed by atoms with Gasteiger partial charge in [0.15, 0.2) is 0 Å². The van der Waals surface area contributed by atoms with Crippen molar-refractivity contribution in [3.8, 4) is 5.75 Å². The van der Waals surface area contributed by atoms with Crippen LogP contribution in [0.5, 0.6) is 5.75 Å². The van der Waals surface area contributed by atoms with Gasteiger partial charge in [0.1, 0.15) is 5.75 Å². The number of halogens is 1. The van der Waals surface area contributed by atoms with Crippen molar-refractivity contribution in [3.63, 3.8) is 0 Å². The topological polar surface area (TPSA) is 46.6 Å². The van der Waals surface area contributed by atoms with Gasteiger partial charge in [-0.1, -0.05) is 54.3 Å². The van der Waals surface area contributed by atoms with Crippen molar-refractivity contribution in [2.45, 2.75) is 43.5 Å². The van der Waals surface area contributed by atoms with Crippen LogP contribution in [-0.4, -0.2) is 26.4 Å². The molecule has 6 heteroatoms. The second-order valence-corrected chi connectivity index (χ2v) is 8.99. The second-order valence-electron chi connectivity index (χ2n) is 6.69. The molecular weight excluding hydrogens is 370 g/mol. The Balaban J connectivity index is 2.01. The third-order valence-corrected chi connectivity index (χ3v) is 7.10. The summed E-state index contributed by atoms with van der Waals surface area (Å²) in [5.74, 6) is 0.469. The van der Waals surface area contributed by atoms with Crippen LogP contribution in [0.2, 0.25) is 5.02 Å². The van der Waals surface area contributed by atoms with Crippen LogP contribution in [0.25, 0.3) is 0 Å². The summed E-state index contributed by atoms with van der Waals surface area (Å²) in [6.45, 7) is 2.55. The SMILES string of the molecule is COc1ccc(S(=O)(=O)N2CCCCC[C@@H]2c2ccc(C)cc2)cc1Cl. The standard InChI is InChI=1S/C20H24ClNO3S/c1-15-7-9-16(10-8-15)19-6-4-3-5-13-22(19)26(23,24)17-11-12-20(25-2)18(21)14-17/h7-12,14,19H,3-6,13H2,1-2H3/t19-/m1/s1. The molecule has 0 N–H and O–H groups in total. The average Bonchev–Trinajstić information content (AvgIpc) is 2.89. The number of methoxy groups -OCH3 is 1. The highest BCUT2D eigenvalue weighted by atomic mass is 35.5. The minimum absolute atomic E-state index is 0.149. The molecule has 1 fully saturated rings. The average molecular weight is 394 g/mol. The van der Waals surface area contributed by atoms with Crippen LogP contribution in [0.4, 0.5) is 0 Å². The van der Waals surface area contributed by atoms with Crippen LogP contribution in [0.15, 0.2) is 47.4 Å². The molecule has 1 saturated heterocycles. The van der Waals surface area contributed by atoms with E-state index >= 15 is 0 Å². The molecule has 0 spiro atoms. The Morgan fingerprint density at radius 1 is 1.08 bits per heavy atom. The number of hydrogen-bond acceptors (Lipinski definition) is 3. The lowest BCUT2D eigenvalue weighted by atomic mass is 10.0. The van der Waals surface area contributed by atoms with Gasteiger partial charge in [0.05, 0.1) is 23.1 Å². The molecule has 0 aromatic heterocycles. The molecule has 1 atom stereocenters. The third-order valence-electron chi connectivity index (χ3n) is 4.90. The molecule has 1 aliphatic rings. The summed E-state index contributed by atoms with van der Waals surface area (Å²) in [5, 5.41) is 0.301. The first-order valence-electron chi connectivity index (χ1n) is 8.85. The zero-order valence-corrected chi connectivity index (χ0v) is 16.7. The highest BCUT2D eigenvalue weighted by Gasteiger charge is 2.33. The van der Waals surface area contributed by atoms with Crippen molar-refractivity contribution >= 4 is 21.6 Å². The summed E-state index contributed by atoms with van der Waals surface area (Å²) in [6.07, 6.45) is 3.75. The number of rotatable bonds is 4. The summed E-state index contributed by atoms with van der Waals surface area (Å²) >= 11 is 6.17. The van der Waals surface area contributed by atoms with E-state index in [9.17, 15) is 8.42 Å². The quantitative estimate of drug-likeness (QED) is 0.737. The maximum Gasteiger partial charge on any atom is 0.243 e. The van der Waals surface area contributed by atoms with Crippen molar-refractivity contribution < 1.29 is 13.2 Å². The highest BCUT2D eigenvalue weighted by Crippen LogP contribution is 2.36. The lowest BCUT2D eigenvalue weighted by molar-refractivity contribution is 0.329. The first kappa shape index (κ1) is 19.2. The number of benzene rings is 2. The molecule has 2 aromatic rings. The predicted molar refractivity (Wildman–Crippen MR) is 104 cm³/mol. The van der Waals surface area contributed by atoms with Gasteiger partial charge in [-0.3, -0.25) is 0 Å². The number of nitrogens with zero attached hydrogens (tertiary/aromatic N) is 1. The molecule has 0 aliphatic carbocycles. The van der Waals surface area contributed by atoms with Gasteiger partial charge < -0.3 is 4.74 Å². The maximum atomic E-state index is 13.4. The van der Waals surface area contributed by atoms with Crippen LogP contribution in [0.3, 0.4) is 0 Å². The smallest absolute Gasteiger partial charge is 0.243 e. The van der Waals surface area contributed by atoms with E-state index < -0.39 is 10.0 Å². The summed E-state index contributed by atoms with van der Waals surface area (Å²) in [5.41, 5.74) is 2.21. The fraction of sp³-hybridized carbons (Fsp3) is 0.400. The molecule has 140 valence electrons. The van der Waals surface area contributed by atoms with Crippen LogP contribution in [-0.2, 0) is 10.0 Å². The second kappa shape index (κ2) is 7.99. The van der Waals surface area contributed by atoms with Crippen molar-refractivity contribution in [2.24, 2.45) is 0 Å². The van der Waals surface area contributed by atoms with Gasteiger partial charge in [0.2, 0.25) is 10.0 Å². The Hall–Kier alpha value is -1.56. The van der Waals surface area contributed by atoms with Gasteiger partial charge in [0, 0.05) is 6.54 Å².